The number of fused-ring (bicyclic) bond motifs is 1. The molecule has 3 rings (SSSR count). The summed E-state index contributed by atoms with van der Waals surface area (Å²) in [5, 5.41) is 11.6. The second kappa shape index (κ2) is 6.25. The fraction of sp³-hybridized carbons (Fsp3) is 0.312. The molecule has 0 saturated carbocycles. The van der Waals surface area contributed by atoms with E-state index in [2.05, 4.69) is 11.9 Å². The molecular formula is C16H16N2O3S2. The second-order valence-corrected chi connectivity index (χ2v) is 7.11. The lowest BCUT2D eigenvalue weighted by Crippen LogP contribution is -2.28. The molecule has 0 aliphatic rings. The maximum Gasteiger partial charge on any atom is 0.323 e. The Hall–Kier alpha value is -1.99. The van der Waals surface area contributed by atoms with Gasteiger partial charge in [0.1, 0.15) is 17.2 Å². The van der Waals surface area contributed by atoms with Crippen molar-refractivity contribution in [2.75, 3.05) is 0 Å². The molecule has 3 aromatic heterocycles. The maximum atomic E-state index is 13.0. The van der Waals surface area contributed by atoms with Crippen LogP contribution in [0, 0.1) is 0 Å². The number of carboxylic acid groups (broad SMARTS) is 1. The smallest absolute Gasteiger partial charge is 0.323 e. The summed E-state index contributed by atoms with van der Waals surface area (Å²) in [5.74, 6) is -0.516. The molecule has 0 radical (unpaired) electrons. The van der Waals surface area contributed by atoms with Crippen molar-refractivity contribution in [2.24, 2.45) is 0 Å². The van der Waals surface area contributed by atoms with E-state index in [-0.39, 0.29) is 12.1 Å². The molecule has 0 spiro atoms. The lowest BCUT2D eigenvalue weighted by Gasteiger charge is -2.09. The first-order valence-corrected chi connectivity index (χ1v) is 9.07. The highest BCUT2D eigenvalue weighted by Crippen LogP contribution is 2.38. The summed E-state index contributed by atoms with van der Waals surface area (Å²) in [7, 11) is 0. The third kappa shape index (κ3) is 2.70. The molecule has 120 valence electrons. The molecule has 0 amide bonds. The van der Waals surface area contributed by atoms with Gasteiger partial charge in [-0.2, -0.15) is 0 Å². The highest BCUT2D eigenvalue weighted by molar-refractivity contribution is 7.20. The molecule has 0 bridgehead atoms. The van der Waals surface area contributed by atoms with Crippen LogP contribution in [0.4, 0.5) is 0 Å². The first-order chi connectivity index (χ1) is 11.1. The highest BCUT2D eigenvalue weighted by atomic mass is 32.1. The molecule has 0 atom stereocenters. The van der Waals surface area contributed by atoms with Crippen molar-refractivity contribution in [3.8, 4) is 10.4 Å². The maximum absolute atomic E-state index is 13.0. The Morgan fingerprint density at radius 1 is 1.35 bits per heavy atom. The van der Waals surface area contributed by atoms with E-state index in [1.54, 1.807) is 11.3 Å². The number of thiophene rings is 2. The van der Waals surface area contributed by atoms with Crippen LogP contribution in [0.3, 0.4) is 0 Å². The van der Waals surface area contributed by atoms with Gasteiger partial charge in [0, 0.05) is 21.7 Å². The fourth-order valence-corrected chi connectivity index (χ4v) is 4.67. The summed E-state index contributed by atoms with van der Waals surface area (Å²) < 4.78 is 1.29. The summed E-state index contributed by atoms with van der Waals surface area (Å²) in [4.78, 5) is 31.5. The van der Waals surface area contributed by atoms with Gasteiger partial charge in [-0.25, -0.2) is 4.98 Å². The summed E-state index contributed by atoms with van der Waals surface area (Å²) in [6, 6.07) is 3.94. The van der Waals surface area contributed by atoms with Crippen LogP contribution in [-0.4, -0.2) is 20.6 Å². The largest absolute Gasteiger partial charge is 0.480 e. The van der Waals surface area contributed by atoms with Gasteiger partial charge in [0.05, 0.1) is 5.39 Å². The zero-order valence-corrected chi connectivity index (χ0v) is 14.5. The molecule has 3 heterocycles. The number of nitrogens with zero attached hydrogens (tertiary/aromatic N) is 2. The molecule has 0 aliphatic carbocycles. The third-order valence-corrected chi connectivity index (χ3v) is 5.78. The van der Waals surface area contributed by atoms with Gasteiger partial charge in [0.15, 0.2) is 0 Å². The third-order valence-electron chi connectivity index (χ3n) is 3.66. The zero-order chi connectivity index (χ0) is 16.6. The van der Waals surface area contributed by atoms with E-state index < -0.39 is 5.97 Å². The molecule has 7 heteroatoms. The minimum Gasteiger partial charge on any atom is -0.480 e. The topological polar surface area (TPSA) is 72.2 Å². The molecular weight excluding hydrogens is 332 g/mol. The quantitative estimate of drug-likeness (QED) is 0.767. The minimum absolute atomic E-state index is 0.256. The van der Waals surface area contributed by atoms with Crippen molar-refractivity contribution in [3.05, 3.63) is 38.6 Å². The van der Waals surface area contributed by atoms with E-state index in [1.165, 1.54) is 15.9 Å². The van der Waals surface area contributed by atoms with Crippen LogP contribution < -0.4 is 5.56 Å². The normalized spacial score (nSPS) is 11.2. The van der Waals surface area contributed by atoms with Gasteiger partial charge in [-0.1, -0.05) is 19.9 Å². The monoisotopic (exact) mass is 348 g/mol. The molecule has 0 aliphatic heterocycles. The number of aliphatic carboxylic acids is 1. The summed E-state index contributed by atoms with van der Waals surface area (Å²) in [5.41, 5.74) is 0.662. The van der Waals surface area contributed by atoms with Crippen LogP contribution in [0.25, 0.3) is 20.7 Å². The number of carboxylic acids is 1. The highest BCUT2D eigenvalue weighted by Gasteiger charge is 2.21. The van der Waals surface area contributed by atoms with Crippen LogP contribution in [0.1, 0.15) is 24.5 Å². The van der Waals surface area contributed by atoms with E-state index >= 15 is 0 Å². The van der Waals surface area contributed by atoms with Gasteiger partial charge >= 0.3 is 5.97 Å². The van der Waals surface area contributed by atoms with E-state index in [1.807, 2.05) is 24.4 Å². The zero-order valence-electron chi connectivity index (χ0n) is 12.8. The molecule has 0 fully saturated rings. The summed E-state index contributed by atoms with van der Waals surface area (Å²) in [6.07, 6.45) is 1.33. The fourth-order valence-electron chi connectivity index (χ4n) is 2.67. The molecule has 23 heavy (non-hydrogen) atoms. The van der Waals surface area contributed by atoms with Crippen LogP contribution in [0.5, 0.6) is 0 Å². The Morgan fingerprint density at radius 2 is 2.13 bits per heavy atom. The number of hydrogen-bond donors (Lipinski definition) is 1. The first kappa shape index (κ1) is 15.9. The Kier molecular flexibility index (Phi) is 4.32. The number of carbonyl (C=O) groups is 1. The number of hydrogen-bond acceptors (Lipinski definition) is 5. The minimum atomic E-state index is -1.04. The average molecular weight is 348 g/mol. The van der Waals surface area contributed by atoms with Gasteiger partial charge in [0.2, 0.25) is 0 Å². The lowest BCUT2D eigenvalue weighted by atomic mass is 10.1. The van der Waals surface area contributed by atoms with E-state index in [9.17, 15) is 9.59 Å². The van der Waals surface area contributed by atoms with E-state index in [0.29, 0.717) is 22.5 Å². The molecule has 3 aromatic rings. The molecule has 5 nitrogen and oxygen atoms in total. The van der Waals surface area contributed by atoms with Crippen molar-refractivity contribution in [2.45, 2.75) is 33.2 Å². The Balaban J connectivity index is 2.39. The Bertz CT molecular complexity index is 923. The van der Waals surface area contributed by atoms with Crippen LogP contribution in [0.2, 0.25) is 0 Å². The number of rotatable bonds is 5. The molecule has 0 aromatic carbocycles. The first-order valence-electron chi connectivity index (χ1n) is 7.37. The Labute approximate surface area is 140 Å². The van der Waals surface area contributed by atoms with Crippen molar-refractivity contribution >= 4 is 38.9 Å². The lowest BCUT2D eigenvalue weighted by molar-refractivity contribution is -0.137. The van der Waals surface area contributed by atoms with Crippen molar-refractivity contribution < 1.29 is 9.90 Å². The summed E-state index contributed by atoms with van der Waals surface area (Å²) >= 11 is 3.11. The van der Waals surface area contributed by atoms with Crippen LogP contribution >= 0.6 is 22.7 Å². The number of aryl methyl sites for hydroxylation is 2. The van der Waals surface area contributed by atoms with Gasteiger partial charge in [-0.05, 0) is 17.9 Å². The van der Waals surface area contributed by atoms with Gasteiger partial charge in [-0.15, -0.1) is 22.7 Å². The van der Waals surface area contributed by atoms with Crippen molar-refractivity contribution in [1.29, 1.82) is 0 Å². The van der Waals surface area contributed by atoms with E-state index in [4.69, 9.17) is 5.11 Å². The van der Waals surface area contributed by atoms with Crippen molar-refractivity contribution in [1.82, 2.24) is 9.55 Å². The molecule has 0 unspecified atom stereocenters. The standard InChI is InChI=1S/C16H16N2O3S2/c1-3-9-13(10-6-5-7-22-10)14-15(23-9)17-11(4-2)18(16(14)21)8-12(19)20/h5-7H,3-4,8H2,1-2H3,(H,19,20). The van der Waals surface area contributed by atoms with Crippen LogP contribution in [-0.2, 0) is 24.2 Å². The van der Waals surface area contributed by atoms with Gasteiger partial charge in [0.25, 0.3) is 5.56 Å². The van der Waals surface area contributed by atoms with Gasteiger partial charge < -0.3 is 5.11 Å². The van der Waals surface area contributed by atoms with Crippen molar-refractivity contribution in [3.63, 3.8) is 0 Å². The predicted octanol–water partition coefficient (Wildman–Crippen LogP) is 3.40. The van der Waals surface area contributed by atoms with Gasteiger partial charge in [-0.3, -0.25) is 14.2 Å². The SMILES string of the molecule is CCc1sc2nc(CC)n(CC(=O)O)c(=O)c2c1-c1cccs1. The predicted molar refractivity (Wildman–Crippen MR) is 93.6 cm³/mol. The Morgan fingerprint density at radius 3 is 2.70 bits per heavy atom. The number of aromatic nitrogens is 2. The average Bonchev–Trinajstić information content (AvgIpc) is 3.15. The van der Waals surface area contributed by atoms with E-state index in [0.717, 1.165) is 21.7 Å². The molecule has 1 N–H and O–H groups in total. The van der Waals surface area contributed by atoms with Crippen LogP contribution in [0.15, 0.2) is 22.3 Å². The second-order valence-electron chi connectivity index (χ2n) is 5.08. The summed E-state index contributed by atoms with van der Waals surface area (Å²) in [6.45, 7) is 3.57. The molecule has 0 saturated heterocycles.